The Hall–Kier alpha value is 0.419. The van der Waals surface area contributed by atoms with E-state index in [2.05, 4.69) is 84.6 Å². The van der Waals surface area contributed by atoms with Gasteiger partial charge in [-0.25, -0.2) is 0 Å². The van der Waals surface area contributed by atoms with Gasteiger partial charge in [0.1, 0.15) is 0 Å². The van der Waals surface area contributed by atoms with Crippen LogP contribution in [0.1, 0.15) is 6.42 Å². The fourth-order valence-electron chi connectivity index (χ4n) is 2.41. The summed E-state index contributed by atoms with van der Waals surface area (Å²) in [6, 6.07) is 19.5. The van der Waals surface area contributed by atoms with Crippen LogP contribution in [0.15, 0.2) is 83.0 Å². The number of rotatable bonds is 3. The molecule has 27 heavy (non-hydrogen) atoms. The molecule has 0 radical (unpaired) electrons. The molecule has 0 bridgehead atoms. The van der Waals surface area contributed by atoms with Crippen LogP contribution in [0.25, 0.3) is 0 Å². The van der Waals surface area contributed by atoms with Crippen LogP contribution in [0.4, 0.5) is 0 Å². The van der Waals surface area contributed by atoms with E-state index in [1.807, 2.05) is 60.7 Å². The third kappa shape index (κ3) is 7.64. The molecule has 5 heteroatoms. The number of benzene rings is 2. The van der Waals surface area contributed by atoms with Crippen molar-refractivity contribution in [2.45, 2.75) is 33.6 Å². The fraction of sp³-hybridized carbons (Fsp3) is 0.273. The molecule has 2 aromatic carbocycles. The van der Waals surface area contributed by atoms with Crippen LogP contribution in [-0.2, 0) is 3.30 Å². The maximum absolute atomic E-state index is 10.1. The molecule has 1 aliphatic carbocycles. The van der Waals surface area contributed by atoms with E-state index in [1.54, 1.807) is 4.09 Å². The van der Waals surface area contributed by atoms with Crippen molar-refractivity contribution in [3.63, 3.8) is 0 Å². The third-order valence-corrected chi connectivity index (χ3v) is 22.8. The minimum atomic E-state index is -3.78. The number of halogens is 2. The quantitative estimate of drug-likeness (QED) is 0.247. The van der Waals surface area contributed by atoms with Gasteiger partial charge in [-0.3, -0.25) is 0 Å². The normalized spacial score (nSPS) is 19.7. The summed E-state index contributed by atoms with van der Waals surface area (Å²) in [6.07, 6.45) is 7.90. The summed E-state index contributed by atoms with van der Waals surface area (Å²) in [6.45, 7) is 0. The summed E-state index contributed by atoms with van der Waals surface area (Å²) in [5.41, 5.74) is 12.4. The summed E-state index contributed by atoms with van der Waals surface area (Å²) in [4.78, 5) is 10.1. The second-order valence-corrected chi connectivity index (χ2v) is 135. The first kappa shape index (κ1) is 23.7. The van der Waals surface area contributed by atoms with Crippen LogP contribution in [-0.4, -0.2) is 4.89 Å². The third-order valence-electron chi connectivity index (χ3n) is 3.94. The predicted molar refractivity (Wildman–Crippen MR) is 140 cm³/mol. The number of hydrogen-bond acceptors (Lipinski definition) is 1. The number of allylic oxidation sites excluding steroid dienone is 4. The molecule has 2 aromatic rings. The monoisotopic (exact) mass is 789 g/mol. The van der Waals surface area contributed by atoms with Crippen molar-refractivity contribution < 1.29 is 8.19 Å². The second-order valence-electron chi connectivity index (χ2n) is 9.80. The average Bonchev–Trinajstić information content (AvgIpc) is 3.10. The molecular formula is C22H31I2IrOP. The summed E-state index contributed by atoms with van der Waals surface area (Å²) in [5.74, 6) is 0. The van der Waals surface area contributed by atoms with Gasteiger partial charge in [-0.2, -0.15) is 0 Å². The van der Waals surface area contributed by atoms with E-state index in [0.717, 1.165) is 17.0 Å². The molecule has 1 aliphatic rings. The Balaban J connectivity index is 0.000000194. The van der Waals surface area contributed by atoms with E-state index in [0.29, 0.717) is 0 Å². The first-order valence-corrected chi connectivity index (χ1v) is 36.3. The standard InChI is InChI=1S/C12H11OP.C5H5.5CH3.2HI.Ir/c13-14(11-7-3-1-4-8-11)12-9-5-2-6-10-12;1-2-4-5-3-1;;;;;;;;/h1-10,13H;1-3H,4H2;5*1H3;2*1H;/q;;;;;;;;;+2/p-2. The van der Waals surface area contributed by atoms with Gasteiger partial charge in [0.15, 0.2) is 0 Å². The Labute approximate surface area is 180 Å². The van der Waals surface area contributed by atoms with Gasteiger partial charge in [-0.1, -0.05) is 60.7 Å². The molecule has 0 atom stereocenters. The Morgan fingerprint density at radius 1 is 0.778 bits per heavy atom. The van der Waals surface area contributed by atoms with Gasteiger partial charge in [0.25, 0.3) is 0 Å². The van der Waals surface area contributed by atoms with Crippen LogP contribution < -0.4 is 10.6 Å². The van der Waals surface area contributed by atoms with Crippen LogP contribution in [0.2, 0.25) is 27.2 Å². The van der Waals surface area contributed by atoms with Gasteiger partial charge in [-0.15, -0.1) is 0 Å². The Kier molecular flexibility index (Phi) is 5.06. The summed E-state index contributed by atoms with van der Waals surface area (Å²) < 4.78 is -2.16. The summed E-state index contributed by atoms with van der Waals surface area (Å²) >= 11 is 5.52. The number of hydrogen-bond donors (Lipinski definition) is 1. The fourth-order valence-corrected chi connectivity index (χ4v) is 13.6. The van der Waals surface area contributed by atoms with E-state index < -0.39 is 11.4 Å². The molecule has 153 valence electrons. The molecule has 0 amide bonds. The van der Waals surface area contributed by atoms with E-state index >= 15 is 0 Å². The minimum absolute atomic E-state index is 0.994. The van der Waals surface area contributed by atoms with Crippen LogP contribution >= 0.6 is 47.3 Å². The van der Waals surface area contributed by atoms with E-state index in [1.165, 1.54) is 0 Å². The van der Waals surface area contributed by atoms with Crippen molar-refractivity contribution in [3.8, 4) is 0 Å². The topological polar surface area (TPSA) is 20.2 Å². The Bertz CT molecular complexity index is 860. The maximum atomic E-state index is 10.1. The average molecular weight is 788 g/mol. The van der Waals surface area contributed by atoms with E-state index in [9.17, 15) is 4.89 Å². The van der Waals surface area contributed by atoms with Gasteiger partial charge in [-0.05, 0) is 0 Å². The van der Waals surface area contributed by atoms with Crippen molar-refractivity contribution in [3.05, 3.63) is 83.0 Å². The predicted octanol–water partition coefficient (Wildman–Crippen LogP) is 8.09. The first-order chi connectivity index (χ1) is 11.9. The SMILES string of the molecule is OP(c1ccccc1)c1ccccc1.[CH3][Ir]([CH3])([CH3])([CH3])([CH3])([I])([I])[C]1=CC=CC1. The molecule has 0 saturated heterocycles. The zero-order chi connectivity index (χ0) is 20.6. The molecule has 0 saturated carbocycles. The Morgan fingerprint density at radius 3 is 1.44 bits per heavy atom. The van der Waals surface area contributed by atoms with Crippen LogP contribution in [0, 0.1) is 0 Å². The Morgan fingerprint density at radius 2 is 1.19 bits per heavy atom. The van der Waals surface area contributed by atoms with Crippen molar-refractivity contribution in [1.29, 1.82) is 0 Å². The summed E-state index contributed by atoms with van der Waals surface area (Å²) in [7, 11) is -1.17. The summed E-state index contributed by atoms with van der Waals surface area (Å²) in [5, 5.41) is 1.99. The van der Waals surface area contributed by atoms with Crippen molar-refractivity contribution in [2.24, 2.45) is 0 Å². The van der Waals surface area contributed by atoms with Crippen molar-refractivity contribution in [2.75, 3.05) is 0 Å². The van der Waals surface area contributed by atoms with Gasteiger partial charge in [0.2, 0.25) is 0 Å². The molecule has 1 N–H and O–H groups in total. The zero-order valence-corrected chi connectivity index (χ0v) is 24.3. The first-order valence-electron chi connectivity index (χ1n) is 8.27. The van der Waals surface area contributed by atoms with Crippen molar-refractivity contribution in [1.82, 2.24) is 0 Å². The van der Waals surface area contributed by atoms with Gasteiger partial charge < -0.3 is 4.89 Å². The molecule has 3 rings (SSSR count). The molecule has 0 spiro atoms. The van der Waals surface area contributed by atoms with Crippen LogP contribution in [0.5, 0.6) is 0 Å². The second kappa shape index (κ2) is 5.76. The molecule has 0 aliphatic heterocycles. The molecule has 0 unspecified atom stereocenters. The van der Waals surface area contributed by atoms with Gasteiger partial charge in [0, 0.05) is 10.6 Å². The molecule has 1 nitrogen and oxygen atoms in total. The van der Waals surface area contributed by atoms with Crippen LogP contribution in [0.3, 0.4) is 0 Å². The van der Waals surface area contributed by atoms with Crippen molar-refractivity contribution >= 4 is 57.9 Å². The van der Waals surface area contributed by atoms with E-state index in [-0.39, 0.29) is 0 Å². The molecule has 0 heterocycles. The zero-order valence-electron chi connectivity index (χ0n) is 16.7. The molecule has 0 fully saturated rings. The van der Waals surface area contributed by atoms with E-state index in [4.69, 9.17) is 0 Å². The van der Waals surface area contributed by atoms with Gasteiger partial charge in [0.05, 0.1) is 8.15 Å². The molecular weight excluding hydrogens is 757 g/mol. The molecule has 0 aromatic heterocycles. The van der Waals surface area contributed by atoms with Gasteiger partial charge >= 0.3 is 98.4 Å².